The number of carbonyl (C=O) groups excluding carboxylic acids is 1. The lowest BCUT2D eigenvalue weighted by atomic mass is 9.82. The maximum Gasteiger partial charge on any atom is 0.322 e. The van der Waals surface area contributed by atoms with Crippen LogP contribution in [0, 0.1) is 5.41 Å². The molecular weight excluding hydrogens is 206 g/mol. The summed E-state index contributed by atoms with van der Waals surface area (Å²) in [5.41, 5.74) is 0.250. The van der Waals surface area contributed by atoms with Crippen molar-refractivity contribution >= 4 is 5.97 Å². The van der Waals surface area contributed by atoms with Gasteiger partial charge in [-0.15, -0.1) is 0 Å². The molecule has 16 heavy (non-hydrogen) atoms. The zero-order valence-corrected chi connectivity index (χ0v) is 10.5. The van der Waals surface area contributed by atoms with Crippen LogP contribution in [0.3, 0.4) is 0 Å². The fourth-order valence-electron chi connectivity index (χ4n) is 1.95. The van der Waals surface area contributed by atoms with Gasteiger partial charge in [0.25, 0.3) is 0 Å². The Balaban J connectivity index is 2.38. The molecule has 4 nitrogen and oxygen atoms in total. The van der Waals surface area contributed by atoms with E-state index in [9.17, 15) is 4.79 Å². The number of hydrogen-bond donors (Lipinski definition) is 1. The van der Waals surface area contributed by atoms with Crippen molar-refractivity contribution in [2.75, 3.05) is 26.9 Å². The molecule has 0 bridgehead atoms. The van der Waals surface area contributed by atoms with E-state index in [0.29, 0.717) is 0 Å². The number of carbonyl (C=O) groups is 1. The predicted molar refractivity (Wildman–Crippen MR) is 62.3 cm³/mol. The molecule has 0 aromatic heterocycles. The van der Waals surface area contributed by atoms with Crippen LogP contribution in [0.15, 0.2) is 0 Å². The molecule has 94 valence electrons. The Hall–Kier alpha value is -0.610. The standard InChI is InChI=1S/C12H23NO3/c1-4-10(11(14)15-3)13-9-12(2)5-7-16-8-6-12/h10,13H,4-9H2,1-3H3. The normalized spacial score (nSPS) is 21.4. The number of ether oxygens (including phenoxy) is 2. The molecule has 0 aromatic rings. The molecule has 0 radical (unpaired) electrons. The molecule has 1 atom stereocenters. The van der Waals surface area contributed by atoms with E-state index in [2.05, 4.69) is 12.2 Å². The van der Waals surface area contributed by atoms with E-state index in [0.717, 1.165) is 39.0 Å². The maximum absolute atomic E-state index is 11.4. The summed E-state index contributed by atoms with van der Waals surface area (Å²) >= 11 is 0. The van der Waals surface area contributed by atoms with Crippen molar-refractivity contribution in [3.05, 3.63) is 0 Å². The van der Waals surface area contributed by atoms with Gasteiger partial charge in [-0.3, -0.25) is 4.79 Å². The Morgan fingerprint density at radius 2 is 2.12 bits per heavy atom. The van der Waals surface area contributed by atoms with E-state index >= 15 is 0 Å². The Kier molecular flexibility index (Phi) is 5.22. The number of hydrogen-bond acceptors (Lipinski definition) is 4. The molecule has 4 heteroatoms. The highest BCUT2D eigenvalue weighted by Crippen LogP contribution is 2.28. The van der Waals surface area contributed by atoms with Gasteiger partial charge < -0.3 is 14.8 Å². The third-order valence-corrected chi connectivity index (χ3v) is 3.37. The highest BCUT2D eigenvalue weighted by atomic mass is 16.5. The zero-order chi connectivity index (χ0) is 12.0. The Morgan fingerprint density at radius 3 is 2.62 bits per heavy atom. The van der Waals surface area contributed by atoms with E-state index in [1.807, 2.05) is 6.92 Å². The average Bonchev–Trinajstić information content (AvgIpc) is 2.30. The summed E-state index contributed by atoms with van der Waals surface area (Å²) in [4.78, 5) is 11.4. The maximum atomic E-state index is 11.4. The highest BCUT2D eigenvalue weighted by molar-refractivity contribution is 5.75. The SMILES string of the molecule is CCC(NCC1(C)CCOCC1)C(=O)OC. The van der Waals surface area contributed by atoms with Crippen LogP contribution in [0.1, 0.15) is 33.1 Å². The third-order valence-electron chi connectivity index (χ3n) is 3.37. The molecule has 1 aliphatic rings. The molecule has 0 spiro atoms. The van der Waals surface area contributed by atoms with Gasteiger partial charge in [0.1, 0.15) is 6.04 Å². The van der Waals surface area contributed by atoms with Crippen LogP contribution in [-0.2, 0) is 14.3 Å². The summed E-state index contributed by atoms with van der Waals surface area (Å²) < 4.78 is 10.1. The van der Waals surface area contributed by atoms with E-state index in [1.165, 1.54) is 7.11 Å². The Bertz CT molecular complexity index is 224. The average molecular weight is 229 g/mol. The molecule has 1 N–H and O–H groups in total. The monoisotopic (exact) mass is 229 g/mol. The zero-order valence-electron chi connectivity index (χ0n) is 10.5. The Morgan fingerprint density at radius 1 is 1.50 bits per heavy atom. The van der Waals surface area contributed by atoms with E-state index < -0.39 is 0 Å². The molecule has 1 heterocycles. The smallest absolute Gasteiger partial charge is 0.322 e. The minimum absolute atomic E-state index is 0.168. The summed E-state index contributed by atoms with van der Waals surface area (Å²) in [5, 5.41) is 3.30. The molecule has 1 aliphatic heterocycles. The second kappa shape index (κ2) is 6.21. The van der Waals surface area contributed by atoms with Crippen molar-refractivity contribution in [3.63, 3.8) is 0 Å². The fraction of sp³-hybridized carbons (Fsp3) is 0.917. The van der Waals surface area contributed by atoms with Gasteiger partial charge in [-0.1, -0.05) is 13.8 Å². The van der Waals surface area contributed by atoms with Crippen molar-refractivity contribution in [3.8, 4) is 0 Å². The molecule has 1 fully saturated rings. The first-order valence-corrected chi connectivity index (χ1v) is 6.00. The van der Waals surface area contributed by atoms with Crippen LogP contribution in [0.5, 0.6) is 0 Å². The van der Waals surface area contributed by atoms with Gasteiger partial charge in [-0.2, -0.15) is 0 Å². The summed E-state index contributed by atoms with van der Waals surface area (Å²) in [6.07, 6.45) is 2.87. The molecule has 1 unspecified atom stereocenters. The van der Waals surface area contributed by atoms with E-state index in [4.69, 9.17) is 9.47 Å². The molecule has 1 saturated heterocycles. The first kappa shape index (κ1) is 13.5. The molecule has 0 amide bonds. The van der Waals surface area contributed by atoms with Crippen molar-refractivity contribution in [1.29, 1.82) is 0 Å². The quantitative estimate of drug-likeness (QED) is 0.723. The van der Waals surface area contributed by atoms with Gasteiger partial charge in [-0.05, 0) is 24.7 Å². The first-order valence-electron chi connectivity index (χ1n) is 6.00. The summed E-state index contributed by atoms with van der Waals surface area (Å²) in [7, 11) is 1.43. The van der Waals surface area contributed by atoms with Gasteiger partial charge in [0.15, 0.2) is 0 Å². The van der Waals surface area contributed by atoms with Gasteiger partial charge >= 0.3 is 5.97 Å². The van der Waals surface area contributed by atoms with Crippen LogP contribution in [0.25, 0.3) is 0 Å². The molecular formula is C12H23NO3. The lowest BCUT2D eigenvalue weighted by Crippen LogP contribution is -2.44. The first-order chi connectivity index (χ1) is 7.61. The fourth-order valence-corrected chi connectivity index (χ4v) is 1.95. The van der Waals surface area contributed by atoms with Gasteiger partial charge in [-0.25, -0.2) is 0 Å². The van der Waals surface area contributed by atoms with E-state index in [1.54, 1.807) is 0 Å². The molecule has 0 aliphatic carbocycles. The van der Waals surface area contributed by atoms with Crippen LogP contribution >= 0.6 is 0 Å². The number of rotatable bonds is 5. The molecule has 1 rings (SSSR count). The topological polar surface area (TPSA) is 47.6 Å². The van der Waals surface area contributed by atoms with Crippen molar-refractivity contribution in [2.45, 2.75) is 39.2 Å². The number of esters is 1. The number of methoxy groups -OCH3 is 1. The molecule has 0 aromatic carbocycles. The second-order valence-electron chi connectivity index (χ2n) is 4.79. The second-order valence-corrected chi connectivity index (χ2v) is 4.79. The van der Waals surface area contributed by atoms with Crippen molar-refractivity contribution in [1.82, 2.24) is 5.32 Å². The van der Waals surface area contributed by atoms with Crippen LogP contribution in [0.4, 0.5) is 0 Å². The third kappa shape index (κ3) is 3.76. The minimum Gasteiger partial charge on any atom is -0.468 e. The van der Waals surface area contributed by atoms with Crippen LogP contribution in [0.2, 0.25) is 0 Å². The van der Waals surface area contributed by atoms with Gasteiger partial charge in [0, 0.05) is 19.8 Å². The van der Waals surface area contributed by atoms with Gasteiger partial charge in [0.2, 0.25) is 0 Å². The van der Waals surface area contributed by atoms with Gasteiger partial charge in [0.05, 0.1) is 7.11 Å². The van der Waals surface area contributed by atoms with Crippen LogP contribution in [-0.4, -0.2) is 38.9 Å². The van der Waals surface area contributed by atoms with Crippen LogP contribution < -0.4 is 5.32 Å². The largest absolute Gasteiger partial charge is 0.468 e. The lowest BCUT2D eigenvalue weighted by molar-refractivity contribution is -0.143. The summed E-state index contributed by atoms with van der Waals surface area (Å²) in [6.45, 7) is 6.73. The molecule has 0 saturated carbocycles. The number of nitrogens with one attached hydrogen (secondary N) is 1. The summed E-state index contributed by atoms with van der Waals surface area (Å²) in [6, 6.07) is -0.176. The minimum atomic E-state index is -0.176. The highest BCUT2D eigenvalue weighted by Gasteiger charge is 2.29. The predicted octanol–water partition coefficient (Wildman–Crippen LogP) is 1.34. The van der Waals surface area contributed by atoms with Crippen molar-refractivity contribution < 1.29 is 14.3 Å². The van der Waals surface area contributed by atoms with Crippen molar-refractivity contribution in [2.24, 2.45) is 5.41 Å². The Labute approximate surface area is 97.7 Å². The summed E-state index contributed by atoms with van der Waals surface area (Å²) in [5.74, 6) is -0.168. The van der Waals surface area contributed by atoms with E-state index in [-0.39, 0.29) is 17.4 Å². The lowest BCUT2D eigenvalue weighted by Gasteiger charge is -2.34.